The SMILES string of the molecule is CC1(C)CC(C)(CN=C=O)CC(O)(N=C=O)C1. The molecule has 0 radical (unpaired) electrons. The van der Waals surface area contributed by atoms with Gasteiger partial charge in [0, 0.05) is 12.8 Å². The van der Waals surface area contributed by atoms with Crippen molar-refractivity contribution in [2.75, 3.05) is 6.54 Å². The highest BCUT2D eigenvalue weighted by atomic mass is 16.3. The minimum Gasteiger partial charge on any atom is -0.368 e. The molecule has 1 saturated carbocycles. The van der Waals surface area contributed by atoms with E-state index in [0.29, 0.717) is 12.8 Å². The number of aliphatic hydroxyl groups is 1. The van der Waals surface area contributed by atoms with Crippen molar-refractivity contribution in [2.45, 2.75) is 45.8 Å². The van der Waals surface area contributed by atoms with Crippen molar-refractivity contribution in [3.05, 3.63) is 0 Å². The Labute approximate surface area is 101 Å². The molecule has 1 aliphatic carbocycles. The molecule has 1 aliphatic rings. The minimum atomic E-state index is -1.39. The van der Waals surface area contributed by atoms with Gasteiger partial charge in [-0.05, 0) is 17.3 Å². The molecule has 5 heteroatoms. The summed E-state index contributed by atoms with van der Waals surface area (Å²) in [5, 5.41) is 10.3. The maximum atomic E-state index is 10.4. The first-order chi connectivity index (χ1) is 7.74. The van der Waals surface area contributed by atoms with Crippen LogP contribution in [0.25, 0.3) is 0 Å². The lowest BCUT2D eigenvalue weighted by molar-refractivity contribution is -0.0820. The first-order valence-corrected chi connectivity index (χ1v) is 5.59. The summed E-state index contributed by atoms with van der Waals surface area (Å²) in [5.41, 5.74) is -1.91. The zero-order valence-electron chi connectivity index (χ0n) is 10.5. The fraction of sp³-hybridized carbons (Fsp3) is 0.833. The van der Waals surface area contributed by atoms with Crippen LogP contribution in [-0.2, 0) is 9.59 Å². The van der Waals surface area contributed by atoms with Gasteiger partial charge in [-0.3, -0.25) is 0 Å². The van der Waals surface area contributed by atoms with Gasteiger partial charge in [0.15, 0.2) is 5.72 Å². The molecule has 1 rings (SSSR count). The van der Waals surface area contributed by atoms with Gasteiger partial charge in [-0.2, -0.15) is 4.99 Å². The first kappa shape index (κ1) is 13.8. The third kappa shape index (κ3) is 3.60. The summed E-state index contributed by atoms with van der Waals surface area (Å²) >= 11 is 0. The van der Waals surface area contributed by atoms with Crippen LogP contribution in [0.15, 0.2) is 9.98 Å². The highest BCUT2D eigenvalue weighted by Crippen LogP contribution is 2.50. The third-order valence-corrected chi connectivity index (χ3v) is 3.16. The largest absolute Gasteiger partial charge is 0.368 e. The van der Waals surface area contributed by atoms with Gasteiger partial charge in [0.05, 0.1) is 6.54 Å². The number of hydrogen-bond donors (Lipinski definition) is 1. The summed E-state index contributed by atoms with van der Waals surface area (Å²) in [7, 11) is 0. The molecule has 0 bridgehead atoms. The summed E-state index contributed by atoms with van der Waals surface area (Å²) in [4.78, 5) is 27.7. The molecule has 2 unspecified atom stereocenters. The Bertz CT molecular complexity index is 395. The van der Waals surface area contributed by atoms with Crippen molar-refractivity contribution >= 4 is 12.2 Å². The highest BCUT2D eigenvalue weighted by Gasteiger charge is 2.48. The van der Waals surface area contributed by atoms with Gasteiger partial charge in [-0.1, -0.05) is 20.8 Å². The molecule has 2 atom stereocenters. The van der Waals surface area contributed by atoms with E-state index in [4.69, 9.17) is 0 Å². The van der Waals surface area contributed by atoms with E-state index >= 15 is 0 Å². The standard InChI is InChI=1S/C12H18N2O3/c1-10(2)4-11(3,7-13-8-15)6-12(17,5-10)14-9-16/h17H,4-7H2,1-3H3. The topological polar surface area (TPSA) is 79.1 Å². The van der Waals surface area contributed by atoms with Crippen LogP contribution in [0.4, 0.5) is 0 Å². The van der Waals surface area contributed by atoms with Crippen LogP contribution >= 0.6 is 0 Å². The van der Waals surface area contributed by atoms with Gasteiger partial charge < -0.3 is 5.11 Å². The molecule has 0 aliphatic heterocycles. The molecule has 0 spiro atoms. The first-order valence-electron chi connectivity index (χ1n) is 5.59. The van der Waals surface area contributed by atoms with Gasteiger partial charge in [-0.15, -0.1) is 0 Å². The Morgan fingerprint density at radius 1 is 1.12 bits per heavy atom. The van der Waals surface area contributed by atoms with Crippen LogP contribution < -0.4 is 0 Å². The van der Waals surface area contributed by atoms with Gasteiger partial charge >= 0.3 is 0 Å². The van der Waals surface area contributed by atoms with E-state index in [2.05, 4.69) is 9.98 Å². The van der Waals surface area contributed by atoms with E-state index in [1.807, 2.05) is 20.8 Å². The maximum Gasteiger partial charge on any atom is 0.237 e. The van der Waals surface area contributed by atoms with Gasteiger partial charge in [0.25, 0.3) is 0 Å². The lowest BCUT2D eigenvalue weighted by Crippen LogP contribution is -2.47. The maximum absolute atomic E-state index is 10.4. The average molecular weight is 238 g/mol. The molecule has 17 heavy (non-hydrogen) atoms. The van der Waals surface area contributed by atoms with Crippen LogP contribution in [0.1, 0.15) is 40.0 Å². The normalized spacial score (nSPS) is 35.5. The van der Waals surface area contributed by atoms with Crippen molar-refractivity contribution in [3.63, 3.8) is 0 Å². The molecule has 5 nitrogen and oxygen atoms in total. The van der Waals surface area contributed by atoms with E-state index in [1.165, 1.54) is 12.2 Å². The molecule has 0 amide bonds. The molecule has 0 saturated heterocycles. The molecule has 0 aromatic carbocycles. The van der Waals surface area contributed by atoms with E-state index in [-0.39, 0.29) is 17.4 Å². The zero-order valence-corrected chi connectivity index (χ0v) is 10.5. The van der Waals surface area contributed by atoms with Gasteiger partial charge in [0.2, 0.25) is 12.2 Å². The fourth-order valence-corrected chi connectivity index (χ4v) is 3.29. The highest BCUT2D eigenvalue weighted by molar-refractivity contribution is 5.35. The summed E-state index contributed by atoms with van der Waals surface area (Å²) in [6.07, 6.45) is 4.47. The van der Waals surface area contributed by atoms with Crippen LogP contribution in [-0.4, -0.2) is 29.5 Å². The molecular weight excluding hydrogens is 220 g/mol. The minimum absolute atomic E-state index is 0.166. The molecule has 94 valence electrons. The van der Waals surface area contributed by atoms with Crippen molar-refractivity contribution < 1.29 is 14.7 Å². The van der Waals surface area contributed by atoms with Crippen molar-refractivity contribution in [2.24, 2.45) is 20.8 Å². The quantitative estimate of drug-likeness (QED) is 0.598. The second-order valence-corrected chi connectivity index (χ2v) is 6.10. The second kappa shape index (κ2) is 4.53. The number of isocyanates is 2. The van der Waals surface area contributed by atoms with E-state index in [1.54, 1.807) is 0 Å². The summed E-state index contributed by atoms with van der Waals surface area (Å²) in [6, 6.07) is 0. The number of hydrogen-bond acceptors (Lipinski definition) is 5. The Hall–Kier alpha value is -1.28. The van der Waals surface area contributed by atoms with E-state index in [0.717, 1.165) is 6.42 Å². The summed E-state index contributed by atoms with van der Waals surface area (Å²) < 4.78 is 0. The Balaban J connectivity index is 3.02. The molecule has 0 aromatic heterocycles. The summed E-state index contributed by atoms with van der Waals surface area (Å²) in [5.74, 6) is 0. The molecular formula is C12H18N2O3. The Morgan fingerprint density at radius 3 is 2.29 bits per heavy atom. The van der Waals surface area contributed by atoms with Gasteiger partial charge in [0.1, 0.15) is 0 Å². The molecule has 1 fully saturated rings. The van der Waals surface area contributed by atoms with Crippen molar-refractivity contribution in [1.82, 2.24) is 0 Å². The van der Waals surface area contributed by atoms with Crippen LogP contribution in [0.2, 0.25) is 0 Å². The van der Waals surface area contributed by atoms with Crippen molar-refractivity contribution in [3.8, 4) is 0 Å². The predicted octanol–water partition coefficient (Wildman–Crippen LogP) is 1.56. The smallest absolute Gasteiger partial charge is 0.237 e. The Morgan fingerprint density at radius 2 is 1.76 bits per heavy atom. The van der Waals surface area contributed by atoms with E-state index in [9.17, 15) is 14.7 Å². The molecule has 0 aromatic rings. The number of carbonyl (C=O) groups excluding carboxylic acids is 2. The van der Waals surface area contributed by atoms with Crippen LogP contribution in [0, 0.1) is 10.8 Å². The summed E-state index contributed by atoms with van der Waals surface area (Å²) in [6.45, 7) is 6.22. The van der Waals surface area contributed by atoms with E-state index < -0.39 is 5.72 Å². The number of nitrogens with zero attached hydrogens (tertiary/aromatic N) is 2. The Kier molecular flexibility index (Phi) is 3.68. The molecule has 0 heterocycles. The second-order valence-electron chi connectivity index (χ2n) is 6.10. The predicted molar refractivity (Wildman–Crippen MR) is 61.8 cm³/mol. The van der Waals surface area contributed by atoms with Crippen LogP contribution in [0.3, 0.4) is 0 Å². The number of rotatable bonds is 3. The lowest BCUT2D eigenvalue weighted by Gasteiger charge is -2.47. The zero-order chi connectivity index (χ0) is 13.2. The monoisotopic (exact) mass is 238 g/mol. The molecule has 1 N–H and O–H groups in total. The fourth-order valence-electron chi connectivity index (χ4n) is 3.29. The number of aliphatic imine (C=N–C) groups is 2. The third-order valence-electron chi connectivity index (χ3n) is 3.16. The lowest BCUT2D eigenvalue weighted by atomic mass is 9.61. The van der Waals surface area contributed by atoms with Gasteiger partial charge in [-0.25, -0.2) is 14.6 Å². The average Bonchev–Trinajstić information content (AvgIpc) is 2.10. The van der Waals surface area contributed by atoms with Crippen molar-refractivity contribution in [1.29, 1.82) is 0 Å². The van der Waals surface area contributed by atoms with Crippen LogP contribution in [0.5, 0.6) is 0 Å².